The first kappa shape index (κ1) is 129. The van der Waals surface area contributed by atoms with E-state index in [-0.39, 0.29) is 28.2 Å². The zero-order valence-corrected chi connectivity index (χ0v) is 5.34. The van der Waals surface area contributed by atoms with Gasteiger partial charge >= 0.3 is 0 Å². The fraction of sp³-hybridized carbons (Fsp3) is 1.00. The highest BCUT2D eigenvalue weighted by Crippen LogP contribution is 1.48. The highest BCUT2D eigenvalue weighted by Gasteiger charge is 1.31. The molecule has 0 spiro atoms. The molecule has 0 saturated heterocycles. The molecule has 10 heavy (non-hydrogen) atoms. The van der Waals surface area contributed by atoms with Crippen molar-refractivity contribution in [1.29, 1.82) is 0 Å². The lowest BCUT2D eigenvalue weighted by molar-refractivity contribution is 1.11. The molecule has 0 amide bonds. The van der Waals surface area contributed by atoms with Gasteiger partial charge in [0.2, 0.25) is 0 Å². The zero-order chi connectivity index (χ0) is 3.41. The van der Waals surface area contributed by atoms with E-state index >= 15 is 0 Å². The number of azo groups is 1. The van der Waals surface area contributed by atoms with Crippen molar-refractivity contribution in [3.8, 4) is 0 Å². The number of rotatable bonds is 0. The first-order valence-electron chi connectivity index (χ1n) is 1.09. The van der Waals surface area contributed by atoms with Gasteiger partial charge in [-0.05, 0) is 0 Å². The Bertz CT molecular complexity index is 28.9. The molecule has 0 aliphatic rings. The average Bonchev–Trinajstić information content (AvgIpc) is 1.37. The summed E-state index contributed by atoms with van der Waals surface area (Å²) >= 11 is 0. The van der Waals surface area contributed by atoms with Gasteiger partial charge in [-0.2, -0.15) is 10.2 Å². The highest BCUT2D eigenvalue weighted by atomic mass is 19.0. The molecule has 0 rings (SSSR count). The summed E-state index contributed by atoms with van der Waals surface area (Å²) in [5, 5.41) is 6.72. The van der Waals surface area contributed by atoms with Crippen LogP contribution in [0.5, 0.6) is 0 Å². The number of hydrogen-bond acceptors (Lipinski definition) is 2. The van der Waals surface area contributed by atoms with Crippen LogP contribution in [0.2, 0.25) is 0 Å². The van der Waals surface area contributed by atoms with Gasteiger partial charge in [-0.25, -0.2) is 0 Å². The molecule has 0 fully saturated rings. The molecule has 72 valence electrons. The molecular weight excluding hydrogens is 166 g/mol. The minimum atomic E-state index is 0. The van der Waals surface area contributed by atoms with E-state index in [1.165, 1.54) is 0 Å². The van der Waals surface area contributed by atoms with Gasteiger partial charge in [-0.15, -0.1) is 0 Å². The Morgan fingerprint density at radius 3 is 0.600 bits per heavy atom. The predicted molar refractivity (Wildman–Crippen MR) is 31.7 cm³/mol. The Labute approximate surface area is 53.9 Å². The van der Waals surface area contributed by atoms with Crippen LogP contribution in [0.3, 0.4) is 0 Å². The predicted octanol–water partition coefficient (Wildman–Crippen LogP) is 1.61. The van der Waals surface area contributed by atoms with Crippen molar-refractivity contribution in [3.05, 3.63) is 0 Å². The molecule has 0 aromatic carbocycles. The number of hydrogen-bond donors (Lipinski definition) is 0. The second-order valence-electron chi connectivity index (χ2n) is 0.400. The summed E-state index contributed by atoms with van der Waals surface area (Å²) in [4.78, 5) is 0. The topological polar surface area (TPSA) is 24.7 Å². The Morgan fingerprint density at radius 2 is 0.600 bits per heavy atom. The molecule has 0 radical (unpaired) electrons. The average molecular weight is 178 g/mol. The summed E-state index contributed by atoms with van der Waals surface area (Å²) in [6.45, 7) is 0. The molecule has 0 N–H and O–H groups in total. The zero-order valence-electron chi connectivity index (χ0n) is 5.34. The fourth-order valence-electron chi connectivity index (χ4n) is 0. The van der Waals surface area contributed by atoms with Crippen LogP contribution in [0.25, 0.3) is 0 Å². The molecule has 0 unspecified atom stereocenters. The van der Waals surface area contributed by atoms with Crippen LogP contribution in [0.15, 0.2) is 10.2 Å². The summed E-state index contributed by atoms with van der Waals surface area (Å²) in [5.74, 6) is 0. The Morgan fingerprint density at radius 1 is 0.500 bits per heavy atom. The van der Waals surface area contributed by atoms with Gasteiger partial charge in [-0.3, -0.25) is 28.2 Å². The quantitative estimate of drug-likeness (QED) is 0.397. The summed E-state index contributed by atoms with van der Waals surface area (Å²) in [7, 11) is 3.28. The SMILES string of the molecule is CN=NC.F.F.F.F.F.F. The number of halogens is 6. The Hall–Kier alpha value is -0.820. The van der Waals surface area contributed by atoms with E-state index < -0.39 is 0 Å². The van der Waals surface area contributed by atoms with Gasteiger partial charge in [0.1, 0.15) is 0 Å². The molecule has 0 bridgehead atoms. The lowest BCUT2D eigenvalue weighted by Crippen LogP contribution is -1.38. The molecule has 0 atom stereocenters. The van der Waals surface area contributed by atoms with E-state index in [4.69, 9.17) is 0 Å². The molecule has 2 nitrogen and oxygen atoms in total. The van der Waals surface area contributed by atoms with Gasteiger partial charge < -0.3 is 0 Å². The van der Waals surface area contributed by atoms with Crippen molar-refractivity contribution >= 4 is 0 Å². The third-order valence-electron chi connectivity index (χ3n) is 0.200. The second kappa shape index (κ2) is 303. The van der Waals surface area contributed by atoms with Crippen molar-refractivity contribution in [3.63, 3.8) is 0 Å². The maximum absolute atomic E-state index is 3.36. The standard InChI is InChI=1S/C2H6N2.6FH/c1-3-4-2;;;;;;/h1-2H3;6*1H. The van der Waals surface area contributed by atoms with Crippen LogP contribution in [0.1, 0.15) is 0 Å². The molecule has 8 heteroatoms. The fourth-order valence-corrected chi connectivity index (χ4v) is 0. The van der Waals surface area contributed by atoms with Crippen LogP contribution in [0.4, 0.5) is 28.2 Å². The Kier molecular flexibility index (Phi) is 3910. The van der Waals surface area contributed by atoms with Gasteiger partial charge in [0, 0.05) is 14.1 Å². The Balaban J connectivity index is -0.00000000300. The minimum Gasteiger partial charge on any atom is -0.269 e. The first-order valence-corrected chi connectivity index (χ1v) is 1.09. The maximum Gasteiger partial charge on any atom is 0.0487 e. The van der Waals surface area contributed by atoms with E-state index in [9.17, 15) is 0 Å². The minimum absolute atomic E-state index is 0. The molecular formula is C2H12F6N2. The van der Waals surface area contributed by atoms with E-state index in [2.05, 4.69) is 10.2 Å². The van der Waals surface area contributed by atoms with Crippen LogP contribution >= 0.6 is 0 Å². The van der Waals surface area contributed by atoms with Gasteiger partial charge in [0.25, 0.3) is 0 Å². The molecule has 0 aliphatic carbocycles. The largest absolute Gasteiger partial charge is 0.269 e. The van der Waals surface area contributed by atoms with Crippen molar-refractivity contribution in [2.75, 3.05) is 14.1 Å². The van der Waals surface area contributed by atoms with Gasteiger partial charge in [0.05, 0.1) is 0 Å². The van der Waals surface area contributed by atoms with Gasteiger partial charge in [-0.1, -0.05) is 0 Å². The summed E-state index contributed by atoms with van der Waals surface area (Å²) in [6.07, 6.45) is 0. The van der Waals surface area contributed by atoms with Crippen LogP contribution in [-0.4, -0.2) is 14.1 Å². The van der Waals surface area contributed by atoms with Crippen LogP contribution in [0, 0.1) is 0 Å². The molecule has 0 aromatic heterocycles. The lowest BCUT2D eigenvalue weighted by Gasteiger charge is -1.54. The molecule has 0 aliphatic heterocycles. The lowest BCUT2D eigenvalue weighted by atomic mass is 11.5. The van der Waals surface area contributed by atoms with Crippen LogP contribution in [-0.2, 0) is 0 Å². The van der Waals surface area contributed by atoms with Crippen molar-refractivity contribution in [1.82, 2.24) is 0 Å². The van der Waals surface area contributed by atoms with E-state index in [0.717, 1.165) is 0 Å². The molecule has 0 saturated carbocycles. The van der Waals surface area contributed by atoms with Gasteiger partial charge in [0.15, 0.2) is 0 Å². The smallest absolute Gasteiger partial charge is 0.0487 e. The first-order chi connectivity index (χ1) is 1.91. The summed E-state index contributed by atoms with van der Waals surface area (Å²) < 4.78 is 0. The third kappa shape index (κ3) is 8460. The van der Waals surface area contributed by atoms with Crippen LogP contribution < -0.4 is 0 Å². The normalized spacial score (nSPS) is 3.80. The number of nitrogens with zero attached hydrogens (tertiary/aromatic N) is 2. The third-order valence-corrected chi connectivity index (χ3v) is 0.200. The highest BCUT2D eigenvalue weighted by molar-refractivity contribution is 3.96. The monoisotopic (exact) mass is 178 g/mol. The summed E-state index contributed by atoms with van der Waals surface area (Å²) in [6, 6.07) is 0. The second-order valence-corrected chi connectivity index (χ2v) is 0.400. The van der Waals surface area contributed by atoms with Crippen molar-refractivity contribution in [2.24, 2.45) is 10.2 Å². The van der Waals surface area contributed by atoms with E-state index in [1.54, 1.807) is 14.1 Å². The maximum atomic E-state index is 3.36. The van der Waals surface area contributed by atoms with Crippen molar-refractivity contribution in [2.45, 2.75) is 0 Å². The summed E-state index contributed by atoms with van der Waals surface area (Å²) in [5.41, 5.74) is 0. The van der Waals surface area contributed by atoms with E-state index in [0.29, 0.717) is 0 Å². The van der Waals surface area contributed by atoms with Crippen molar-refractivity contribution < 1.29 is 28.2 Å². The molecule has 0 heterocycles. The molecule has 0 aromatic rings. The van der Waals surface area contributed by atoms with E-state index in [1.807, 2.05) is 0 Å².